The first-order valence-electron chi connectivity index (χ1n) is 11.7. The van der Waals surface area contributed by atoms with Gasteiger partial charge in [0.05, 0.1) is 42.3 Å². The Kier molecular flexibility index (Phi) is 8.15. The molecule has 34 heavy (non-hydrogen) atoms. The SMILES string of the molecule is CCN(CCOC)Cc1ccc(Nc2ncc(F)c(-c3cnc(C)n3C3CCOCC3)n2)cn1. The summed E-state index contributed by atoms with van der Waals surface area (Å²) in [5, 5.41) is 3.14. The van der Waals surface area contributed by atoms with E-state index in [4.69, 9.17) is 9.47 Å². The first-order valence-corrected chi connectivity index (χ1v) is 11.7. The summed E-state index contributed by atoms with van der Waals surface area (Å²) in [5.74, 6) is 0.655. The third-order valence-electron chi connectivity index (χ3n) is 6.05. The highest BCUT2D eigenvalue weighted by Crippen LogP contribution is 2.31. The molecule has 3 aromatic rings. The van der Waals surface area contributed by atoms with Crippen molar-refractivity contribution in [2.75, 3.05) is 45.3 Å². The largest absolute Gasteiger partial charge is 0.383 e. The molecular formula is C24H32FN7O2. The fourth-order valence-electron chi connectivity index (χ4n) is 4.16. The molecule has 0 aliphatic carbocycles. The van der Waals surface area contributed by atoms with E-state index in [1.807, 2.05) is 19.1 Å². The number of anilines is 2. The van der Waals surface area contributed by atoms with Gasteiger partial charge in [-0.05, 0) is 38.4 Å². The summed E-state index contributed by atoms with van der Waals surface area (Å²) in [7, 11) is 1.70. The Morgan fingerprint density at radius 2 is 2.00 bits per heavy atom. The molecule has 1 fully saturated rings. The van der Waals surface area contributed by atoms with Gasteiger partial charge >= 0.3 is 0 Å². The summed E-state index contributed by atoms with van der Waals surface area (Å²) < 4.78 is 27.5. The van der Waals surface area contributed by atoms with E-state index in [0.717, 1.165) is 49.7 Å². The Balaban J connectivity index is 1.50. The summed E-state index contributed by atoms with van der Waals surface area (Å²) >= 11 is 0. The van der Waals surface area contributed by atoms with Crippen LogP contribution in [-0.2, 0) is 16.0 Å². The predicted octanol–water partition coefficient (Wildman–Crippen LogP) is 3.75. The number of hydrogen-bond acceptors (Lipinski definition) is 8. The lowest BCUT2D eigenvalue weighted by Gasteiger charge is -2.26. The van der Waals surface area contributed by atoms with E-state index in [1.165, 1.54) is 6.20 Å². The van der Waals surface area contributed by atoms with Crippen LogP contribution < -0.4 is 5.32 Å². The third kappa shape index (κ3) is 5.75. The second kappa shape index (κ2) is 11.5. The summed E-state index contributed by atoms with van der Waals surface area (Å²) in [4.78, 5) is 19.9. The van der Waals surface area contributed by atoms with Gasteiger partial charge in [-0.2, -0.15) is 0 Å². The van der Waals surface area contributed by atoms with Crippen molar-refractivity contribution in [2.45, 2.75) is 39.3 Å². The zero-order valence-electron chi connectivity index (χ0n) is 20.0. The zero-order chi connectivity index (χ0) is 23.9. The number of rotatable bonds is 10. The second-order valence-electron chi connectivity index (χ2n) is 8.32. The van der Waals surface area contributed by atoms with Crippen LogP contribution in [0.1, 0.15) is 37.3 Å². The smallest absolute Gasteiger partial charge is 0.228 e. The summed E-state index contributed by atoms with van der Waals surface area (Å²) in [6.45, 7) is 8.62. The molecule has 4 heterocycles. The van der Waals surface area contributed by atoms with E-state index in [2.05, 4.69) is 41.6 Å². The summed E-state index contributed by atoms with van der Waals surface area (Å²) in [6, 6.07) is 4.10. The average Bonchev–Trinajstić information content (AvgIpc) is 3.25. The van der Waals surface area contributed by atoms with Crippen molar-refractivity contribution < 1.29 is 13.9 Å². The number of pyridine rings is 1. The molecule has 0 atom stereocenters. The third-order valence-corrected chi connectivity index (χ3v) is 6.05. The number of aryl methyl sites for hydroxylation is 1. The Bertz CT molecular complexity index is 1070. The molecule has 4 rings (SSSR count). The maximum Gasteiger partial charge on any atom is 0.228 e. The molecule has 0 bridgehead atoms. The van der Waals surface area contributed by atoms with Crippen molar-refractivity contribution in [2.24, 2.45) is 0 Å². The number of methoxy groups -OCH3 is 1. The highest BCUT2D eigenvalue weighted by Gasteiger charge is 2.23. The summed E-state index contributed by atoms with van der Waals surface area (Å²) in [6.07, 6.45) is 6.33. The lowest BCUT2D eigenvalue weighted by molar-refractivity contribution is 0.0694. The summed E-state index contributed by atoms with van der Waals surface area (Å²) in [5.41, 5.74) is 2.57. The fraction of sp³-hybridized carbons (Fsp3) is 0.500. The number of nitrogens with one attached hydrogen (secondary N) is 1. The van der Waals surface area contributed by atoms with E-state index in [-0.39, 0.29) is 11.7 Å². The molecule has 0 saturated carbocycles. The van der Waals surface area contributed by atoms with Crippen LogP contribution in [0.25, 0.3) is 11.4 Å². The van der Waals surface area contributed by atoms with Crippen LogP contribution in [-0.4, -0.2) is 69.4 Å². The molecule has 0 radical (unpaired) electrons. The van der Waals surface area contributed by atoms with Crippen LogP contribution in [0, 0.1) is 12.7 Å². The predicted molar refractivity (Wildman–Crippen MR) is 127 cm³/mol. The van der Waals surface area contributed by atoms with Gasteiger partial charge in [0.2, 0.25) is 5.95 Å². The Labute approximate surface area is 199 Å². The normalized spacial score (nSPS) is 14.6. The molecule has 0 unspecified atom stereocenters. The zero-order valence-corrected chi connectivity index (χ0v) is 20.0. The van der Waals surface area contributed by atoms with Gasteiger partial charge in [0.25, 0.3) is 0 Å². The van der Waals surface area contributed by atoms with Crippen molar-refractivity contribution in [1.82, 2.24) is 29.4 Å². The number of likely N-dealkylation sites (N-methyl/N-ethyl adjacent to an activating group) is 1. The highest BCUT2D eigenvalue weighted by atomic mass is 19.1. The molecule has 0 aromatic carbocycles. The fourth-order valence-corrected chi connectivity index (χ4v) is 4.16. The molecule has 1 aliphatic heterocycles. The number of halogens is 1. The first-order chi connectivity index (χ1) is 16.6. The minimum Gasteiger partial charge on any atom is -0.383 e. The van der Waals surface area contributed by atoms with E-state index < -0.39 is 5.82 Å². The number of aromatic nitrogens is 5. The maximum absolute atomic E-state index is 14.8. The molecule has 0 amide bonds. The van der Waals surface area contributed by atoms with Crippen molar-refractivity contribution in [3.8, 4) is 11.4 Å². The van der Waals surface area contributed by atoms with E-state index in [0.29, 0.717) is 31.5 Å². The Morgan fingerprint density at radius 3 is 2.71 bits per heavy atom. The average molecular weight is 470 g/mol. The van der Waals surface area contributed by atoms with Gasteiger partial charge < -0.3 is 19.4 Å². The number of ether oxygens (including phenoxy) is 2. The van der Waals surface area contributed by atoms with Gasteiger partial charge in [-0.25, -0.2) is 19.3 Å². The highest BCUT2D eigenvalue weighted by molar-refractivity contribution is 5.59. The van der Waals surface area contributed by atoms with Gasteiger partial charge in [0, 0.05) is 39.5 Å². The second-order valence-corrected chi connectivity index (χ2v) is 8.32. The number of imidazole rings is 1. The van der Waals surface area contributed by atoms with Crippen molar-refractivity contribution in [1.29, 1.82) is 0 Å². The van der Waals surface area contributed by atoms with E-state index in [1.54, 1.807) is 19.5 Å². The molecule has 3 aromatic heterocycles. The lowest BCUT2D eigenvalue weighted by atomic mass is 10.1. The molecule has 0 spiro atoms. The first kappa shape index (κ1) is 24.2. The van der Waals surface area contributed by atoms with Crippen LogP contribution in [0.5, 0.6) is 0 Å². The molecule has 1 aliphatic rings. The minimum atomic E-state index is -0.483. The van der Waals surface area contributed by atoms with Gasteiger partial charge in [0.1, 0.15) is 11.5 Å². The van der Waals surface area contributed by atoms with Crippen molar-refractivity contribution >= 4 is 11.6 Å². The number of hydrogen-bond donors (Lipinski definition) is 1. The van der Waals surface area contributed by atoms with Crippen molar-refractivity contribution in [3.05, 3.63) is 48.1 Å². The quantitative estimate of drug-likeness (QED) is 0.480. The Hall–Kier alpha value is -2.95. The number of nitrogens with zero attached hydrogens (tertiary/aromatic N) is 6. The van der Waals surface area contributed by atoms with Gasteiger partial charge in [0.15, 0.2) is 5.82 Å². The molecule has 1 N–H and O–H groups in total. The molecule has 1 saturated heterocycles. The minimum absolute atomic E-state index is 0.209. The van der Waals surface area contributed by atoms with Crippen LogP contribution in [0.2, 0.25) is 0 Å². The molecular weight excluding hydrogens is 437 g/mol. The standard InChI is InChI=1S/C24H32FN7O2/c1-4-31(9-12-33-3)16-19-6-5-18(13-27-19)29-24-28-14-21(25)23(30-24)22-15-26-17(2)32(22)20-7-10-34-11-8-20/h5-6,13-15,20H,4,7-12,16H2,1-3H3,(H,28,29,30). The van der Waals surface area contributed by atoms with Crippen LogP contribution in [0.3, 0.4) is 0 Å². The maximum atomic E-state index is 14.8. The molecule has 182 valence electrons. The van der Waals surface area contributed by atoms with Gasteiger partial charge in [-0.3, -0.25) is 9.88 Å². The van der Waals surface area contributed by atoms with E-state index >= 15 is 0 Å². The molecule has 10 heteroatoms. The van der Waals surface area contributed by atoms with Crippen LogP contribution in [0.15, 0.2) is 30.7 Å². The van der Waals surface area contributed by atoms with Gasteiger partial charge in [-0.15, -0.1) is 0 Å². The van der Waals surface area contributed by atoms with Crippen LogP contribution in [0.4, 0.5) is 16.0 Å². The molecule has 9 nitrogen and oxygen atoms in total. The van der Waals surface area contributed by atoms with E-state index in [9.17, 15) is 4.39 Å². The van der Waals surface area contributed by atoms with Crippen LogP contribution >= 0.6 is 0 Å². The van der Waals surface area contributed by atoms with Crippen molar-refractivity contribution in [3.63, 3.8) is 0 Å². The Morgan fingerprint density at radius 1 is 1.18 bits per heavy atom. The topological polar surface area (TPSA) is 90.2 Å². The monoisotopic (exact) mass is 469 g/mol. The van der Waals surface area contributed by atoms with Gasteiger partial charge in [-0.1, -0.05) is 6.92 Å². The lowest BCUT2D eigenvalue weighted by Crippen LogP contribution is -2.27.